The van der Waals surface area contributed by atoms with E-state index >= 15 is 0 Å². The van der Waals surface area contributed by atoms with Crippen LogP contribution in [-0.4, -0.2) is 25.2 Å². The van der Waals surface area contributed by atoms with Gasteiger partial charge in [-0.25, -0.2) is 9.59 Å². The van der Waals surface area contributed by atoms with E-state index in [1.807, 2.05) is 0 Å². The zero-order chi connectivity index (χ0) is 16.1. The van der Waals surface area contributed by atoms with Crippen molar-refractivity contribution >= 4 is 11.9 Å². The zero-order valence-electron chi connectivity index (χ0n) is 12.4. The van der Waals surface area contributed by atoms with Gasteiger partial charge in [-0.3, -0.25) is 0 Å². The molecule has 0 aromatic rings. The molecule has 0 saturated heterocycles. The molecule has 0 bridgehead atoms. The SMILES string of the molecule is CCOC(=O)c1cc(C(=O)OCC)c2c(C#N)ccccc1-2. The number of hydrogen-bond acceptors (Lipinski definition) is 5. The number of carbonyl (C=O) groups is 2. The minimum atomic E-state index is -0.564. The molecule has 5 heteroatoms. The lowest BCUT2D eigenvalue weighted by Crippen LogP contribution is -2.05. The molecule has 0 aliphatic heterocycles. The van der Waals surface area contributed by atoms with E-state index in [-0.39, 0.29) is 24.3 Å². The minimum absolute atomic E-state index is 0.202. The Bertz CT molecular complexity index is 730. The monoisotopic (exact) mass is 297 g/mol. The topological polar surface area (TPSA) is 76.4 Å². The number of nitriles is 1. The van der Waals surface area contributed by atoms with E-state index in [9.17, 15) is 14.9 Å². The van der Waals surface area contributed by atoms with E-state index < -0.39 is 11.9 Å². The van der Waals surface area contributed by atoms with Crippen molar-refractivity contribution in [2.24, 2.45) is 0 Å². The quantitative estimate of drug-likeness (QED) is 0.811. The summed E-state index contributed by atoms with van der Waals surface area (Å²) in [5, 5.41) is 9.32. The van der Waals surface area contributed by atoms with Crippen molar-refractivity contribution in [2.75, 3.05) is 13.2 Å². The lowest BCUT2D eigenvalue weighted by atomic mass is 10.0. The predicted molar refractivity (Wildman–Crippen MR) is 79.7 cm³/mol. The van der Waals surface area contributed by atoms with Crippen LogP contribution in [0.5, 0.6) is 0 Å². The summed E-state index contributed by atoms with van der Waals surface area (Å²) in [6.07, 6.45) is 0. The molecule has 2 rings (SSSR count). The molecule has 0 N–H and O–H groups in total. The van der Waals surface area contributed by atoms with E-state index in [2.05, 4.69) is 6.07 Å². The number of carbonyl (C=O) groups excluding carboxylic acids is 2. The summed E-state index contributed by atoms with van der Waals surface area (Å²) in [5.41, 5.74) is 1.68. The number of esters is 2. The lowest BCUT2D eigenvalue weighted by molar-refractivity contribution is 0.0525. The first kappa shape index (κ1) is 15.5. The maximum Gasteiger partial charge on any atom is 0.338 e. The van der Waals surface area contributed by atoms with Crippen molar-refractivity contribution in [3.63, 3.8) is 0 Å². The molecule has 5 nitrogen and oxygen atoms in total. The fourth-order valence-electron chi connectivity index (χ4n) is 2.26. The van der Waals surface area contributed by atoms with Crippen LogP contribution in [-0.2, 0) is 9.47 Å². The molecule has 0 spiro atoms. The Morgan fingerprint density at radius 3 is 2.23 bits per heavy atom. The van der Waals surface area contributed by atoms with Crippen molar-refractivity contribution in [2.45, 2.75) is 13.8 Å². The Hall–Kier alpha value is -2.87. The molecule has 0 saturated carbocycles. The van der Waals surface area contributed by atoms with Gasteiger partial charge < -0.3 is 9.47 Å². The second-order valence-corrected chi connectivity index (χ2v) is 4.45. The molecule has 112 valence electrons. The molecule has 0 fully saturated rings. The third kappa shape index (κ3) is 2.77. The van der Waals surface area contributed by atoms with Crippen LogP contribution in [0.1, 0.15) is 40.1 Å². The molecule has 0 radical (unpaired) electrons. The van der Waals surface area contributed by atoms with Crippen molar-refractivity contribution in [3.8, 4) is 17.2 Å². The Balaban J connectivity index is 2.71. The predicted octanol–water partition coefficient (Wildman–Crippen LogP) is 3.02. The number of ether oxygens (including phenoxy) is 2. The molecule has 0 aromatic carbocycles. The molecule has 2 aliphatic rings. The lowest BCUT2D eigenvalue weighted by Gasteiger charge is -2.04. The van der Waals surface area contributed by atoms with Crippen molar-refractivity contribution < 1.29 is 19.1 Å². The minimum Gasteiger partial charge on any atom is -0.462 e. The van der Waals surface area contributed by atoms with E-state index in [0.29, 0.717) is 16.7 Å². The Labute approximate surface area is 128 Å². The van der Waals surface area contributed by atoms with Crippen LogP contribution in [0, 0.1) is 11.3 Å². The number of hydrogen-bond donors (Lipinski definition) is 0. The largest absolute Gasteiger partial charge is 0.462 e. The third-order valence-electron chi connectivity index (χ3n) is 3.13. The van der Waals surface area contributed by atoms with E-state index in [1.165, 1.54) is 6.07 Å². The van der Waals surface area contributed by atoms with Crippen LogP contribution < -0.4 is 0 Å². The van der Waals surface area contributed by atoms with Crippen LogP contribution in [0.2, 0.25) is 0 Å². The smallest absolute Gasteiger partial charge is 0.338 e. The van der Waals surface area contributed by atoms with E-state index in [0.717, 1.165) is 0 Å². The molecule has 0 atom stereocenters. The first-order valence-electron chi connectivity index (χ1n) is 6.94. The van der Waals surface area contributed by atoms with Gasteiger partial charge in [0.15, 0.2) is 0 Å². The highest BCUT2D eigenvalue weighted by molar-refractivity contribution is 6.09. The first-order chi connectivity index (χ1) is 10.6. The van der Waals surface area contributed by atoms with Gasteiger partial charge in [-0.05, 0) is 31.5 Å². The standard InChI is InChI=1S/C17H15NO4/c1-3-21-16(19)13-9-14(17(20)22-4-2)15-11(10-18)7-5-6-8-12(13)15/h5-9H,3-4H2,1-2H3. The van der Waals surface area contributed by atoms with Crippen molar-refractivity contribution in [1.82, 2.24) is 0 Å². The maximum atomic E-state index is 12.1. The third-order valence-corrected chi connectivity index (χ3v) is 3.13. The second-order valence-electron chi connectivity index (χ2n) is 4.45. The van der Waals surface area contributed by atoms with Crippen molar-refractivity contribution in [1.29, 1.82) is 5.26 Å². The van der Waals surface area contributed by atoms with Gasteiger partial charge in [-0.1, -0.05) is 18.2 Å². The van der Waals surface area contributed by atoms with Gasteiger partial charge in [0.05, 0.1) is 36.0 Å². The molecule has 2 aliphatic carbocycles. The molecule has 0 heterocycles. The average Bonchev–Trinajstić information content (AvgIpc) is 2.75. The summed E-state index contributed by atoms with van der Waals surface area (Å²) < 4.78 is 10.0. The van der Waals surface area contributed by atoms with Gasteiger partial charge in [-0.15, -0.1) is 0 Å². The fourth-order valence-corrected chi connectivity index (χ4v) is 2.26. The second kappa shape index (κ2) is 6.72. The van der Waals surface area contributed by atoms with Gasteiger partial charge in [0, 0.05) is 5.56 Å². The van der Waals surface area contributed by atoms with Gasteiger partial charge >= 0.3 is 11.9 Å². The van der Waals surface area contributed by atoms with Crippen LogP contribution in [0.4, 0.5) is 0 Å². The molecular weight excluding hydrogens is 282 g/mol. The summed E-state index contributed by atoms with van der Waals surface area (Å²) in [5.74, 6) is -1.09. The van der Waals surface area contributed by atoms with Gasteiger partial charge in [0.25, 0.3) is 0 Å². The Morgan fingerprint density at radius 2 is 1.64 bits per heavy atom. The van der Waals surface area contributed by atoms with Crippen LogP contribution in [0.15, 0.2) is 30.3 Å². The van der Waals surface area contributed by atoms with Crippen molar-refractivity contribution in [3.05, 3.63) is 47.0 Å². The summed E-state index contributed by atoms with van der Waals surface area (Å²) in [6.45, 7) is 3.84. The van der Waals surface area contributed by atoms with E-state index in [1.54, 1.807) is 38.1 Å². The highest BCUT2D eigenvalue weighted by Crippen LogP contribution is 2.35. The summed E-state index contributed by atoms with van der Waals surface area (Å²) in [4.78, 5) is 24.2. The normalized spacial score (nSPS) is 10.0. The number of fused-ring (bicyclic) bond motifs is 1. The summed E-state index contributed by atoms with van der Waals surface area (Å²) in [7, 11) is 0. The molecule has 0 aromatic heterocycles. The molecule has 22 heavy (non-hydrogen) atoms. The zero-order valence-corrected chi connectivity index (χ0v) is 12.4. The average molecular weight is 297 g/mol. The summed E-state index contributed by atoms with van der Waals surface area (Å²) in [6, 6.07) is 10.2. The van der Waals surface area contributed by atoms with Crippen LogP contribution in [0.25, 0.3) is 11.1 Å². The van der Waals surface area contributed by atoms with Crippen LogP contribution >= 0.6 is 0 Å². The molecule has 0 amide bonds. The number of rotatable bonds is 4. The molecule has 0 unspecified atom stereocenters. The molecular formula is C17H15NO4. The first-order valence-corrected chi connectivity index (χ1v) is 6.94. The van der Waals surface area contributed by atoms with Gasteiger partial charge in [0.2, 0.25) is 0 Å². The van der Waals surface area contributed by atoms with Crippen LogP contribution in [0.3, 0.4) is 0 Å². The van der Waals surface area contributed by atoms with E-state index in [4.69, 9.17) is 9.47 Å². The Morgan fingerprint density at radius 1 is 1.05 bits per heavy atom. The fraction of sp³-hybridized carbons (Fsp3) is 0.235. The summed E-state index contributed by atoms with van der Waals surface area (Å²) >= 11 is 0. The Kier molecular flexibility index (Phi) is 4.74. The highest BCUT2D eigenvalue weighted by atomic mass is 16.5. The van der Waals surface area contributed by atoms with Gasteiger partial charge in [0.1, 0.15) is 0 Å². The van der Waals surface area contributed by atoms with Gasteiger partial charge in [-0.2, -0.15) is 5.26 Å². The maximum absolute atomic E-state index is 12.1. The number of nitrogens with zero attached hydrogens (tertiary/aromatic N) is 1. The highest BCUT2D eigenvalue weighted by Gasteiger charge is 2.27.